The Morgan fingerprint density at radius 1 is 1.05 bits per heavy atom. The maximum absolute atomic E-state index is 5.62. The van der Waals surface area contributed by atoms with Crippen molar-refractivity contribution in [2.45, 2.75) is 19.8 Å². The lowest BCUT2D eigenvalue weighted by atomic mass is 9.98. The number of nitrogens with two attached hydrogens (primary N) is 1. The molecule has 20 heavy (non-hydrogen) atoms. The van der Waals surface area contributed by atoms with Gasteiger partial charge in [-0.2, -0.15) is 0 Å². The van der Waals surface area contributed by atoms with Crippen molar-refractivity contribution in [1.29, 1.82) is 0 Å². The van der Waals surface area contributed by atoms with Crippen LogP contribution in [0.1, 0.15) is 22.3 Å². The van der Waals surface area contributed by atoms with Gasteiger partial charge in [0.05, 0.1) is 0 Å². The predicted molar refractivity (Wildman–Crippen MR) is 79.3 cm³/mol. The van der Waals surface area contributed by atoms with Crippen molar-refractivity contribution in [3.05, 3.63) is 58.7 Å². The molecule has 2 aromatic carbocycles. The summed E-state index contributed by atoms with van der Waals surface area (Å²) in [7, 11) is 0. The summed E-state index contributed by atoms with van der Waals surface area (Å²) < 4.78 is 10.9. The highest BCUT2D eigenvalue weighted by Crippen LogP contribution is 2.35. The molecule has 2 N–H and O–H groups in total. The molecule has 0 saturated heterocycles. The molecule has 3 heteroatoms. The Bertz CT molecular complexity index is 622. The first-order valence-electron chi connectivity index (χ1n) is 6.93. The molecule has 0 aliphatic carbocycles. The summed E-state index contributed by atoms with van der Waals surface area (Å²) in [6.45, 7) is 3.12. The number of hydrogen-bond acceptors (Lipinski definition) is 3. The lowest BCUT2D eigenvalue weighted by Crippen LogP contribution is -2.03. The van der Waals surface area contributed by atoms with Crippen LogP contribution >= 0.6 is 0 Å². The van der Waals surface area contributed by atoms with E-state index in [1.54, 1.807) is 0 Å². The molecule has 1 aliphatic heterocycles. The molecule has 2 aromatic rings. The number of benzene rings is 2. The van der Waals surface area contributed by atoms with Crippen LogP contribution in [0.25, 0.3) is 0 Å². The molecule has 0 spiro atoms. The van der Waals surface area contributed by atoms with Gasteiger partial charge in [-0.15, -0.1) is 0 Å². The summed E-state index contributed by atoms with van der Waals surface area (Å²) in [4.78, 5) is 0. The summed E-state index contributed by atoms with van der Waals surface area (Å²) in [5.74, 6) is 1.70. The summed E-state index contributed by atoms with van der Waals surface area (Å²) >= 11 is 0. The highest BCUT2D eigenvalue weighted by atomic mass is 16.7. The van der Waals surface area contributed by atoms with E-state index in [9.17, 15) is 0 Å². The van der Waals surface area contributed by atoms with Crippen LogP contribution in [0.2, 0.25) is 0 Å². The van der Waals surface area contributed by atoms with Crippen LogP contribution in [0.5, 0.6) is 11.5 Å². The number of hydrogen-bond donors (Lipinski definition) is 1. The molecule has 0 amide bonds. The van der Waals surface area contributed by atoms with Crippen molar-refractivity contribution in [2.24, 2.45) is 5.73 Å². The summed E-state index contributed by atoms with van der Waals surface area (Å²) in [6.07, 6.45) is 1.83. The number of aryl methyl sites for hydroxylation is 1. The van der Waals surface area contributed by atoms with Gasteiger partial charge >= 0.3 is 0 Å². The minimum absolute atomic E-state index is 0.324. The standard InChI is InChI=1S/C17H19NO2/c1-12-7-16-17(20-11-19-16)10-15(12)9-14-4-2-3-13(8-14)5-6-18/h2-4,7-8,10H,5-6,9,11,18H2,1H3. The van der Waals surface area contributed by atoms with Crippen LogP contribution in [0.3, 0.4) is 0 Å². The molecule has 0 atom stereocenters. The van der Waals surface area contributed by atoms with Gasteiger partial charge in [-0.3, -0.25) is 0 Å². The largest absolute Gasteiger partial charge is 0.454 e. The third-order valence-electron chi connectivity index (χ3n) is 3.65. The van der Waals surface area contributed by atoms with E-state index in [1.807, 2.05) is 0 Å². The minimum Gasteiger partial charge on any atom is -0.454 e. The molecule has 1 aliphatic rings. The fraction of sp³-hybridized carbons (Fsp3) is 0.294. The van der Waals surface area contributed by atoms with Crippen molar-refractivity contribution in [1.82, 2.24) is 0 Å². The lowest BCUT2D eigenvalue weighted by Gasteiger charge is -2.09. The molecule has 104 valence electrons. The zero-order valence-corrected chi connectivity index (χ0v) is 11.7. The fourth-order valence-electron chi connectivity index (χ4n) is 2.56. The number of ether oxygens (including phenoxy) is 2. The fourth-order valence-corrected chi connectivity index (χ4v) is 2.56. The lowest BCUT2D eigenvalue weighted by molar-refractivity contribution is 0.174. The smallest absolute Gasteiger partial charge is 0.231 e. The van der Waals surface area contributed by atoms with Gasteiger partial charge in [-0.1, -0.05) is 24.3 Å². The second-order valence-corrected chi connectivity index (χ2v) is 5.17. The van der Waals surface area contributed by atoms with Crippen LogP contribution in [-0.4, -0.2) is 13.3 Å². The van der Waals surface area contributed by atoms with Crippen molar-refractivity contribution < 1.29 is 9.47 Å². The second kappa shape index (κ2) is 5.55. The third kappa shape index (κ3) is 2.63. The van der Waals surface area contributed by atoms with Crippen LogP contribution < -0.4 is 15.2 Å². The first-order chi connectivity index (χ1) is 9.76. The third-order valence-corrected chi connectivity index (χ3v) is 3.65. The number of fused-ring (bicyclic) bond motifs is 1. The zero-order valence-electron chi connectivity index (χ0n) is 11.7. The Labute approximate surface area is 119 Å². The Balaban J connectivity index is 1.86. The van der Waals surface area contributed by atoms with Gasteiger partial charge in [0, 0.05) is 0 Å². The second-order valence-electron chi connectivity index (χ2n) is 5.17. The van der Waals surface area contributed by atoms with Gasteiger partial charge in [0.25, 0.3) is 0 Å². The Morgan fingerprint density at radius 2 is 1.80 bits per heavy atom. The van der Waals surface area contributed by atoms with E-state index in [2.05, 4.69) is 43.3 Å². The summed E-state index contributed by atoms with van der Waals surface area (Å²) in [5, 5.41) is 0. The van der Waals surface area contributed by atoms with Crippen molar-refractivity contribution in [3.63, 3.8) is 0 Å². The van der Waals surface area contributed by atoms with Gasteiger partial charge in [0.1, 0.15) is 0 Å². The molecule has 3 rings (SSSR count). The van der Waals surface area contributed by atoms with Crippen molar-refractivity contribution >= 4 is 0 Å². The van der Waals surface area contributed by atoms with Crippen molar-refractivity contribution in [2.75, 3.05) is 13.3 Å². The molecule has 0 bridgehead atoms. The quantitative estimate of drug-likeness (QED) is 0.928. The molecule has 0 aromatic heterocycles. The monoisotopic (exact) mass is 269 g/mol. The van der Waals surface area contributed by atoms with E-state index >= 15 is 0 Å². The maximum atomic E-state index is 5.62. The Kier molecular flexibility index (Phi) is 3.61. The van der Waals surface area contributed by atoms with Crippen LogP contribution in [-0.2, 0) is 12.8 Å². The van der Waals surface area contributed by atoms with Gasteiger partial charge in [0.15, 0.2) is 11.5 Å². The van der Waals surface area contributed by atoms with E-state index in [-0.39, 0.29) is 0 Å². The van der Waals surface area contributed by atoms with E-state index in [0.29, 0.717) is 13.3 Å². The average molecular weight is 269 g/mol. The van der Waals surface area contributed by atoms with Crippen molar-refractivity contribution in [3.8, 4) is 11.5 Å². The van der Waals surface area contributed by atoms with E-state index < -0.39 is 0 Å². The van der Waals surface area contributed by atoms with Gasteiger partial charge in [-0.05, 0) is 60.7 Å². The SMILES string of the molecule is Cc1cc2c(cc1Cc1cccc(CCN)c1)OCO2. The first kappa shape index (κ1) is 13.0. The van der Waals surface area contributed by atoms with Crippen LogP contribution in [0.15, 0.2) is 36.4 Å². The molecule has 0 radical (unpaired) electrons. The highest BCUT2D eigenvalue weighted by molar-refractivity contribution is 5.49. The average Bonchev–Trinajstić information content (AvgIpc) is 2.87. The number of rotatable bonds is 4. The van der Waals surface area contributed by atoms with Crippen LogP contribution in [0, 0.1) is 6.92 Å². The molecule has 0 unspecified atom stereocenters. The normalized spacial score (nSPS) is 12.7. The first-order valence-corrected chi connectivity index (χ1v) is 6.93. The van der Waals surface area contributed by atoms with Gasteiger partial charge < -0.3 is 15.2 Å². The maximum Gasteiger partial charge on any atom is 0.231 e. The van der Waals surface area contributed by atoms with Gasteiger partial charge in [-0.25, -0.2) is 0 Å². The topological polar surface area (TPSA) is 44.5 Å². The van der Waals surface area contributed by atoms with E-state index in [4.69, 9.17) is 15.2 Å². The predicted octanol–water partition coefficient (Wildman–Crippen LogP) is 2.82. The molecule has 0 fully saturated rings. The van der Waals surface area contributed by atoms with E-state index in [0.717, 1.165) is 24.3 Å². The summed E-state index contributed by atoms with van der Waals surface area (Å²) in [5.41, 5.74) is 10.7. The van der Waals surface area contributed by atoms with E-state index in [1.165, 1.54) is 22.3 Å². The molecular weight excluding hydrogens is 250 g/mol. The highest BCUT2D eigenvalue weighted by Gasteiger charge is 2.15. The molecule has 0 saturated carbocycles. The van der Waals surface area contributed by atoms with Crippen LogP contribution in [0.4, 0.5) is 0 Å². The minimum atomic E-state index is 0.324. The Hall–Kier alpha value is -2.00. The molecule has 1 heterocycles. The zero-order chi connectivity index (χ0) is 13.9. The van der Waals surface area contributed by atoms with Gasteiger partial charge in [0.2, 0.25) is 6.79 Å². The summed E-state index contributed by atoms with van der Waals surface area (Å²) in [6, 6.07) is 12.8. The molecular formula is C17H19NO2. The molecule has 3 nitrogen and oxygen atoms in total. The Morgan fingerprint density at radius 3 is 2.60 bits per heavy atom.